The number of anilines is 1. The third kappa shape index (κ3) is 3.02. The first-order chi connectivity index (χ1) is 11.1. The molecule has 0 spiro atoms. The Morgan fingerprint density at radius 3 is 2.65 bits per heavy atom. The average molecular weight is 332 g/mol. The van der Waals surface area contributed by atoms with Crippen molar-refractivity contribution in [3.63, 3.8) is 0 Å². The molecule has 1 aromatic heterocycles. The zero-order chi connectivity index (χ0) is 16.4. The number of hydrazine groups is 1. The SMILES string of the molecule is O=C(NNc1ccc(Cl)cc1)c1cnc2c(F)cccc2c1O. The lowest BCUT2D eigenvalue weighted by atomic mass is 10.1. The summed E-state index contributed by atoms with van der Waals surface area (Å²) in [6.07, 6.45) is 1.12. The summed E-state index contributed by atoms with van der Waals surface area (Å²) in [5.41, 5.74) is 5.67. The smallest absolute Gasteiger partial charge is 0.274 e. The Balaban J connectivity index is 1.83. The number of fused-ring (bicyclic) bond motifs is 1. The van der Waals surface area contributed by atoms with Crippen LogP contribution in [0, 0.1) is 5.82 Å². The maximum atomic E-state index is 13.6. The van der Waals surface area contributed by atoms with E-state index in [0.717, 1.165) is 6.20 Å². The normalized spacial score (nSPS) is 10.5. The van der Waals surface area contributed by atoms with Gasteiger partial charge in [0.25, 0.3) is 5.91 Å². The molecule has 0 fully saturated rings. The molecule has 0 unspecified atom stereocenters. The molecule has 116 valence electrons. The molecule has 0 radical (unpaired) electrons. The van der Waals surface area contributed by atoms with Crippen LogP contribution in [0.4, 0.5) is 10.1 Å². The van der Waals surface area contributed by atoms with Crippen LogP contribution in [0.15, 0.2) is 48.7 Å². The van der Waals surface area contributed by atoms with Crippen LogP contribution in [0.2, 0.25) is 5.02 Å². The zero-order valence-electron chi connectivity index (χ0n) is 11.7. The van der Waals surface area contributed by atoms with Gasteiger partial charge in [0, 0.05) is 16.6 Å². The highest BCUT2D eigenvalue weighted by Gasteiger charge is 2.16. The number of amides is 1. The van der Waals surface area contributed by atoms with Crippen LogP contribution < -0.4 is 10.9 Å². The highest BCUT2D eigenvalue weighted by molar-refractivity contribution is 6.30. The van der Waals surface area contributed by atoms with Gasteiger partial charge in [-0.2, -0.15) is 0 Å². The third-order valence-corrected chi connectivity index (χ3v) is 3.48. The first kappa shape index (κ1) is 15.1. The number of carbonyl (C=O) groups excluding carboxylic acids is 1. The quantitative estimate of drug-likeness (QED) is 0.642. The first-order valence-electron chi connectivity index (χ1n) is 6.64. The largest absolute Gasteiger partial charge is 0.506 e. The van der Waals surface area contributed by atoms with E-state index in [9.17, 15) is 14.3 Å². The molecule has 3 N–H and O–H groups in total. The molecule has 0 saturated carbocycles. The Morgan fingerprint density at radius 2 is 1.91 bits per heavy atom. The molecule has 1 heterocycles. The van der Waals surface area contributed by atoms with E-state index >= 15 is 0 Å². The van der Waals surface area contributed by atoms with Crippen LogP contribution in [-0.4, -0.2) is 16.0 Å². The first-order valence-corrected chi connectivity index (χ1v) is 7.02. The molecule has 0 atom stereocenters. The van der Waals surface area contributed by atoms with Gasteiger partial charge in [-0.3, -0.25) is 20.6 Å². The molecular formula is C16H11ClFN3O2. The van der Waals surface area contributed by atoms with Gasteiger partial charge in [0.1, 0.15) is 22.6 Å². The number of benzene rings is 2. The van der Waals surface area contributed by atoms with E-state index < -0.39 is 11.7 Å². The fourth-order valence-corrected chi connectivity index (χ4v) is 2.19. The number of rotatable bonds is 3. The second kappa shape index (κ2) is 6.10. The second-order valence-electron chi connectivity index (χ2n) is 4.74. The van der Waals surface area contributed by atoms with E-state index in [0.29, 0.717) is 10.7 Å². The summed E-state index contributed by atoms with van der Waals surface area (Å²) in [4.78, 5) is 16.0. The Kier molecular flexibility index (Phi) is 3.99. The van der Waals surface area contributed by atoms with E-state index in [1.807, 2.05) is 0 Å². The summed E-state index contributed by atoms with van der Waals surface area (Å²) in [5, 5.41) is 10.9. The maximum absolute atomic E-state index is 13.6. The van der Waals surface area contributed by atoms with E-state index in [1.165, 1.54) is 18.2 Å². The highest BCUT2D eigenvalue weighted by atomic mass is 35.5. The Bertz CT molecular complexity index is 884. The average Bonchev–Trinajstić information content (AvgIpc) is 2.55. The third-order valence-electron chi connectivity index (χ3n) is 3.23. The number of nitrogens with one attached hydrogen (secondary N) is 2. The number of pyridine rings is 1. The maximum Gasteiger partial charge on any atom is 0.274 e. The molecule has 0 aliphatic heterocycles. The van der Waals surface area contributed by atoms with Crippen molar-refractivity contribution < 1.29 is 14.3 Å². The van der Waals surface area contributed by atoms with Gasteiger partial charge in [0.2, 0.25) is 0 Å². The Labute approximate surface area is 135 Å². The summed E-state index contributed by atoms with van der Waals surface area (Å²) < 4.78 is 13.6. The standard InChI is InChI=1S/C16H11ClFN3O2/c17-9-4-6-10(7-5-9)20-21-16(23)12-8-19-14-11(15(12)22)2-1-3-13(14)18/h1-8,20H,(H,19,22)(H,21,23). The van der Waals surface area contributed by atoms with E-state index in [2.05, 4.69) is 15.8 Å². The van der Waals surface area contributed by atoms with Crippen molar-refractivity contribution in [2.75, 3.05) is 5.43 Å². The zero-order valence-corrected chi connectivity index (χ0v) is 12.4. The molecular weight excluding hydrogens is 321 g/mol. The number of para-hydroxylation sites is 1. The van der Waals surface area contributed by atoms with Crippen LogP contribution in [0.1, 0.15) is 10.4 Å². The van der Waals surface area contributed by atoms with Gasteiger partial charge < -0.3 is 5.11 Å². The predicted molar refractivity (Wildman–Crippen MR) is 85.9 cm³/mol. The van der Waals surface area contributed by atoms with Crippen molar-refractivity contribution in [3.05, 3.63) is 65.1 Å². The molecule has 5 nitrogen and oxygen atoms in total. The highest BCUT2D eigenvalue weighted by Crippen LogP contribution is 2.28. The van der Waals surface area contributed by atoms with Crippen LogP contribution in [0.25, 0.3) is 10.9 Å². The fourth-order valence-electron chi connectivity index (χ4n) is 2.07. The number of aromatic hydroxyl groups is 1. The molecule has 3 aromatic rings. The van der Waals surface area contributed by atoms with Crippen molar-refractivity contribution >= 4 is 34.1 Å². The predicted octanol–water partition coefficient (Wildman–Crippen LogP) is 3.49. The van der Waals surface area contributed by atoms with Gasteiger partial charge in [0.05, 0.1) is 5.69 Å². The van der Waals surface area contributed by atoms with Crippen molar-refractivity contribution in [1.29, 1.82) is 0 Å². The number of carbonyl (C=O) groups is 1. The molecule has 0 aliphatic rings. The van der Waals surface area contributed by atoms with Crippen LogP contribution in [-0.2, 0) is 0 Å². The van der Waals surface area contributed by atoms with Gasteiger partial charge in [-0.15, -0.1) is 0 Å². The summed E-state index contributed by atoms with van der Waals surface area (Å²) in [6.45, 7) is 0. The minimum absolute atomic E-state index is 0.00668. The van der Waals surface area contributed by atoms with Crippen LogP contribution in [0.5, 0.6) is 5.75 Å². The van der Waals surface area contributed by atoms with E-state index in [4.69, 9.17) is 11.6 Å². The van der Waals surface area contributed by atoms with Gasteiger partial charge in [-0.25, -0.2) is 4.39 Å². The topological polar surface area (TPSA) is 74.2 Å². The summed E-state index contributed by atoms with van der Waals surface area (Å²) in [6, 6.07) is 10.8. The molecule has 23 heavy (non-hydrogen) atoms. The number of nitrogens with zero attached hydrogens (tertiary/aromatic N) is 1. The molecule has 1 amide bonds. The lowest BCUT2D eigenvalue weighted by Crippen LogP contribution is -2.29. The molecule has 0 saturated heterocycles. The van der Waals surface area contributed by atoms with Crippen LogP contribution >= 0.6 is 11.6 Å². The Morgan fingerprint density at radius 1 is 1.17 bits per heavy atom. The minimum Gasteiger partial charge on any atom is -0.506 e. The number of hydrogen-bond donors (Lipinski definition) is 3. The minimum atomic E-state index is -0.601. The molecule has 0 aliphatic carbocycles. The Hall–Kier alpha value is -2.86. The van der Waals surface area contributed by atoms with E-state index in [-0.39, 0.29) is 22.2 Å². The van der Waals surface area contributed by atoms with Gasteiger partial charge in [-0.05, 0) is 36.4 Å². The lowest BCUT2D eigenvalue weighted by Gasteiger charge is -2.10. The van der Waals surface area contributed by atoms with Crippen molar-refractivity contribution in [1.82, 2.24) is 10.4 Å². The van der Waals surface area contributed by atoms with Crippen molar-refractivity contribution in [3.8, 4) is 5.75 Å². The van der Waals surface area contributed by atoms with E-state index in [1.54, 1.807) is 24.3 Å². The molecule has 0 bridgehead atoms. The summed E-state index contributed by atoms with van der Waals surface area (Å²) in [5.74, 6) is -1.50. The van der Waals surface area contributed by atoms with Crippen molar-refractivity contribution in [2.45, 2.75) is 0 Å². The van der Waals surface area contributed by atoms with Gasteiger partial charge in [0.15, 0.2) is 0 Å². The van der Waals surface area contributed by atoms with Gasteiger partial charge >= 0.3 is 0 Å². The van der Waals surface area contributed by atoms with Gasteiger partial charge in [-0.1, -0.05) is 17.7 Å². The molecule has 2 aromatic carbocycles. The second-order valence-corrected chi connectivity index (χ2v) is 5.18. The number of hydrogen-bond acceptors (Lipinski definition) is 4. The summed E-state index contributed by atoms with van der Waals surface area (Å²) >= 11 is 5.77. The molecule has 3 rings (SSSR count). The monoisotopic (exact) mass is 331 g/mol. The lowest BCUT2D eigenvalue weighted by molar-refractivity contribution is 0.0960. The fraction of sp³-hybridized carbons (Fsp3) is 0. The summed E-state index contributed by atoms with van der Waals surface area (Å²) in [7, 11) is 0. The molecule has 7 heteroatoms. The number of aromatic nitrogens is 1. The number of halogens is 2. The van der Waals surface area contributed by atoms with Crippen molar-refractivity contribution in [2.24, 2.45) is 0 Å². The van der Waals surface area contributed by atoms with Crippen LogP contribution in [0.3, 0.4) is 0 Å².